The number of carbonyl (C=O) groups excluding carboxylic acids is 2. The highest BCUT2D eigenvalue weighted by Crippen LogP contribution is 2.23. The molecule has 0 N–H and O–H groups in total. The Bertz CT molecular complexity index is 272. The quantitative estimate of drug-likeness (QED) is 0.549. The number of alkyl halides is 1. The molecule has 1 saturated heterocycles. The van der Waals surface area contributed by atoms with Crippen LogP contribution in [0.5, 0.6) is 0 Å². The third-order valence-electron chi connectivity index (χ3n) is 2.09. The van der Waals surface area contributed by atoms with Crippen LogP contribution in [0.3, 0.4) is 0 Å². The number of halogens is 1. The molecule has 15 heavy (non-hydrogen) atoms. The molecule has 0 unspecified atom stereocenters. The average Bonchev–Trinajstić information content (AvgIpc) is 2.43. The van der Waals surface area contributed by atoms with Crippen molar-refractivity contribution in [3.8, 4) is 0 Å². The lowest BCUT2D eigenvalue weighted by Gasteiger charge is -2.26. The molecule has 4 nitrogen and oxygen atoms in total. The van der Waals surface area contributed by atoms with Gasteiger partial charge in [-0.15, -0.1) is 0 Å². The third-order valence-corrected chi connectivity index (χ3v) is 3.11. The summed E-state index contributed by atoms with van der Waals surface area (Å²) in [6, 6.07) is 0.00736. The molecular formula is C10H16INO3. The van der Waals surface area contributed by atoms with Crippen LogP contribution >= 0.6 is 22.6 Å². The van der Waals surface area contributed by atoms with Gasteiger partial charge in [-0.05, 0) is 27.2 Å². The van der Waals surface area contributed by atoms with Gasteiger partial charge in [0.15, 0.2) is 0 Å². The van der Waals surface area contributed by atoms with E-state index in [1.54, 1.807) is 20.8 Å². The van der Waals surface area contributed by atoms with Crippen molar-refractivity contribution in [2.75, 3.05) is 4.43 Å². The standard InChI is InChI=1S/C10H16INO3/c1-10(2,3)15-9(14)12-7(6-11)4-5-8(12)13/h7H,4-6H2,1-3H3/t7-/m0/s1. The van der Waals surface area contributed by atoms with E-state index in [9.17, 15) is 9.59 Å². The maximum absolute atomic E-state index is 11.7. The zero-order valence-electron chi connectivity index (χ0n) is 9.25. The van der Waals surface area contributed by atoms with E-state index in [1.807, 2.05) is 0 Å². The van der Waals surface area contributed by atoms with Crippen molar-refractivity contribution in [2.45, 2.75) is 45.3 Å². The van der Waals surface area contributed by atoms with Gasteiger partial charge < -0.3 is 4.74 Å². The Morgan fingerprint density at radius 3 is 2.67 bits per heavy atom. The normalized spacial score (nSPS) is 22.0. The van der Waals surface area contributed by atoms with E-state index < -0.39 is 11.7 Å². The molecule has 1 fully saturated rings. The van der Waals surface area contributed by atoms with Gasteiger partial charge in [-0.25, -0.2) is 9.69 Å². The predicted octanol–water partition coefficient (Wildman–Crippen LogP) is 2.35. The Morgan fingerprint density at radius 1 is 1.60 bits per heavy atom. The number of hydrogen-bond donors (Lipinski definition) is 0. The fourth-order valence-electron chi connectivity index (χ4n) is 1.45. The number of ether oxygens (including phenoxy) is 1. The summed E-state index contributed by atoms with van der Waals surface area (Å²) in [4.78, 5) is 24.5. The number of rotatable bonds is 1. The molecule has 1 atom stereocenters. The van der Waals surface area contributed by atoms with E-state index in [2.05, 4.69) is 22.6 Å². The minimum Gasteiger partial charge on any atom is -0.443 e. The van der Waals surface area contributed by atoms with Crippen LogP contribution in [0.25, 0.3) is 0 Å². The highest BCUT2D eigenvalue weighted by atomic mass is 127. The molecule has 5 heteroatoms. The largest absolute Gasteiger partial charge is 0.443 e. The second-order valence-electron chi connectivity index (χ2n) is 4.59. The van der Waals surface area contributed by atoms with Crippen LogP contribution < -0.4 is 0 Å². The molecule has 1 aliphatic rings. The summed E-state index contributed by atoms with van der Waals surface area (Å²) >= 11 is 2.18. The number of imide groups is 1. The van der Waals surface area contributed by atoms with Crippen LogP contribution in [0.4, 0.5) is 4.79 Å². The van der Waals surface area contributed by atoms with Crippen molar-refractivity contribution in [2.24, 2.45) is 0 Å². The van der Waals surface area contributed by atoms with Crippen molar-refractivity contribution in [3.05, 3.63) is 0 Å². The van der Waals surface area contributed by atoms with Gasteiger partial charge in [-0.1, -0.05) is 22.6 Å². The van der Waals surface area contributed by atoms with Crippen molar-refractivity contribution in [3.63, 3.8) is 0 Å². The van der Waals surface area contributed by atoms with E-state index in [0.29, 0.717) is 6.42 Å². The zero-order valence-corrected chi connectivity index (χ0v) is 11.4. The SMILES string of the molecule is CC(C)(C)OC(=O)N1C(=O)CC[C@H]1CI. The molecule has 1 aliphatic heterocycles. The number of nitrogens with zero attached hydrogens (tertiary/aromatic N) is 1. The lowest BCUT2D eigenvalue weighted by atomic mass is 10.2. The molecule has 0 aromatic heterocycles. The molecule has 86 valence electrons. The Kier molecular flexibility index (Phi) is 3.97. The van der Waals surface area contributed by atoms with Gasteiger partial charge in [0.25, 0.3) is 0 Å². The molecule has 0 aromatic carbocycles. The molecule has 0 spiro atoms. The van der Waals surface area contributed by atoms with Crippen LogP contribution in [-0.2, 0) is 9.53 Å². The summed E-state index contributed by atoms with van der Waals surface area (Å²) in [5.41, 5.74) is -0.546. The van der Waals surface area contributed by atoms with E-state index >= 15 is 0 Å². The first kappa shape index (κ1) is 12.7. The zero-order chi connectivity index (χ0) is 11.6. The predicted molar refractivity (Wildman–Crippen MR) is 65.0 cm³/mol. The summed E-state index contributed by atoms with van der Waals surface area (Å²) in [5, 5.41) is 0. The highest BCUT2D eigenvalue weighted by Gasteiger charge is 2.37. The van der Waals surface area contributed by atoms with Crippen LogP contribution in [0, 0.1) is 0 Å². The fourth-order valence-corrected chi connectivity index (χ4v) is 2.29. The first-order valence-corrected chi connectivity index (χ1v) is 6.48. The van der Waals surface area contributed by atoms with Gasteiger partial charge in [-0.2, -0.15) is 0 Å². The van der Waals surface area contributed by atoms with E-state index in [-0.39, 0.29) is 11.9 Å². The minimum absolute atomic E-state index is 0.00736. The van der Waals surface area contributed by atoms with Crippen LogP contribution in [0.2, 0.25) is 0 Å². The molecule has 0 aromatic rings. The Balaban J connectivity index is 2.69. The van der Waals surface area contributed by atoms with Crippen LogP contribution in [0.15, 0.2) is 0 Å². The lowest BCUT2D eigenvalue weighted by Crippen LogP contribution is -2.42. The van der Waals surface area contributed by atoms with Crippen molar-refractivity contribution in [1.29, 1.82) is 0 Å². The van der Waals surface area contributed by atoms with E-state index in [4.69, 9.17) is 4.74 Å². The van der Waals surface area contributed by atoms with E-state index in [1.165, 1.54) is 4.90 Å². The van der Waals surface area contributed by atoms with Crippen LogP contribution in [-0.4, -0.2) is 33.0 Å². The summed E-state index contributed by atoms with van der Waals surface area (Å²) in [7, 11) is 0. The Hall–Kier alpha value is -0.330. The van der Waals surface area contributed by atoms with Gasteiger partial charge in [0, 0.05) is 10.8 Å². The van der Waals surface area contributed by atoms with E-state index in [0.717, 1.165) is 10.8 Å². The lowest BCUT2D eigenvalue weighted by molar-refractivity contribution is -0.127. The molecule has 0 radical (unpaired) electrons. The van der Waals surface area contributed by atoms with Crippen molar-refractivity contribution < 1.29 is 14.3 Å². The van der Waals surface area contributed by atoms with Crippen LogP contribution in [0.1, 0.15) is 33.6 Å². The third kappa shape index (κ3) is 3.32. The number of amides is 2. The topological polar surface area (TPSA) is 46.6 Å². The second-order valence-corrected chi connectivity index (χ2v) is 5.47. The molecular weight excluding hydrogens is 309 g/mol. The first-order chi connectivity index (χ1) is 6.85. The minimum atomic E-state index is -0.546. The molecule has 2 amide bonds. The van der Waals surface area contributed by atoms with Crippen molar-refractivity contribution >= 4 is 34.6 Å². The summed E-state index contributed by atoms with van der Waals surface area (Å²) in [6.07, 6.45) is 0.695. The fraction of sp³-hybridized carbons (Fsp3) is 0.800. The first-order valence-electron chi connectivity index (χ1n) is 4.96. The smallest absolute Gasteiger partial charge is 0.417 e. The number of hydrogen-bond acceptors (Lipinski definition) is 3. The van der Waals surface area contributed by atoms with Gasteiger partial charge in [0.05, 0.1) is 6.04 Å². The monoisotopic (exact) mass is 325 g/mol. The van der Waals surface area contributed by atoms with Gasteiger partial charge in [0.2, 0.25) is 5.91 Å². The van der Waals surface area contributed by atoms with Gasteiger partial charge >= 0.3 is 6.09 Å². The highest BCUT2D eigenvalue weighted by molar-refractivity contribution is 14.1. The summed E-state index contributed by atoms with van der Waals surface area (Å²) < 4.78 is 5.95. The molecule has 0 aliphatic carbocycles. The summed E-state index contributed by atoms with van der Waals surface area (Å²) in [5.74, 6) is -0.120. The second kappa shape index (κ2) is 4.67. The number of likely N-dealkylation sites (tertiary alicyclic amines) is 1. The number of carbonyl (C=O) groups is 2. The Labute approximate surface area is 103 Å². The molecule has 1 rings (SSSR count). The van der Waals surface area contributed by atoms with Gasteiger partial charge in [-0.3, -0.25) is 4.79 Å². The summed E-state index contributed by atoms with van der Waals surface area (Å²) in [6.45, 7) is 5.39. The Morgan fingerprint density at radius 2 is 2.20 bits per heavy atom. The maximum atomic E-state index is 11.7. The van der Waals surface area contributed by atoms with Gasteiger partial charge in [0.1, 0.15) is 5.60 Å². The molecule has 0 saturated carbocycles. The molecule has 1 heterocycles. The van der Waals surface area contributed by atoms with Crippen molar-refractivity contribution in [1.82, 2.24) is 4.90 Å². The average molecular weight is 325 g/mol. The maximum Gasteiger partial charge on any atom is 0.417 e. The molecule has 0 bridgehead atoms.